The van der Waals surface area contributed by atoms with Crippen molar-refractivity contribution in [3.63, 3.8) is 0 Å². The van der Waals surface area contributed by atoms with Gasteiger partial charge in [-0.25, -0.2) is 0 Å². The van der Waals surface area contributed by atoms with Crippen LogP contribution in [0.5, 0.6) is 0 Å². The minimum absolute atomic E-state index is 0.222. The number of nitrogens with zero attached hydrogens (tertiary/aromatic N) is 2. The molecule has 2 unspecified atom stereocenters. The van der Waals surface area contributed by atoms with Crippen LogP contribution in [0.1, 0.15) is 25.7 Å². The van der Waals surface area contributed by atoms with Gasteiger partial charge in [0.1, 0.15) is 0 Å². The highest BCUT2D eigenvalue weighted by atomic mass is 32.2. The van der Waals surface area contributed by atoms with E-state index >= 15 is 0 Å². The van der Waals surface area contributed by atoms with Crippen molar-refractivity contribution in [2.75, 3.05) is 50.9 Å². The van der Waals surface area contributed by atoms with E-state index in [1.165, 1.54) is 5.75 Å². The molecule has 5 heteroatoms. The molecule has 0 aromatic carbocycles. The first kappa shape index (κ1) is 16.3. The lowest BCUT2D eigenvalue weighted by molar-refractivity contribution is -0.138. The molecule has 4 nitrogen and oxygen atoms in total. The van der Waals surface area contributed by atoms with Gasteiger partial charge in [-0.2, -0.15) is 11.8 Å². The summed E-state index contributed by atoms with van der Waals surface area (Å²) in [4.78, 5) is 17.7. The Balaban J connectivity index is 1.64. The van der Waals surface area contributed by atoms with Gasteiger partial charge in [-0.3, -0.25) is 9.69 Å². The van der Waals surface area contributed by atoms with Gasteiger partial charge in [-0.1, -0.05) is 12.2 Å². The molecule has 3 rings (SSSR count). The van der Waals surface area contributed by atoms with E-state index in [9.17, 15) is 4.79 Å². The van der Waals surface area contributed by atoms with Crippen LogP contribution in [0.2, 0.25) is 0 Å². The molecular formula is C17H28N2O2S. The molecule has 0 bridgehead atoms. The Morgan fingerprint density at radius 3 is 2.86 bits per heavy atom. The number of morpholine rings is 1. The van der Waals surface area contributed by atoms with Gasteiger partial charge in [-0.15, -0.1) is 0 Å². The quantitative estimate of drug-likeness (QED) is 0.744. The molecule has 2 atom stereocenters. The monoisotopic (exact) mass is 324 g/mol. The Labute approximate surface area is 138 Å². The van der Waals surface area contributed by atoms with E-state index in [-0.39, 0.29) is 5.92 Å². The number of allylic oxidation sites excluding steroid dienone is 2. The maximum atomic E-state index is 13.0. The van der Waals surface area contributed by atoms with Crippen molar-refractivity contribution in [3.8, 4) is 0 Å². The van der Waals surface area contributed by atoms with Crippen LogP contribution in [0.25, 0.3) is 0 Å². The Bertz CT molecular complexity index is 396. The van der Waals surface area contributed by atoms with Gasteiger partial charge in [0.05, 0.1) is 19.3 Å². The molecule has 0 radical (unpaired) electrons. The Kier molecular flexibility index (Phi) is 6.21. The summed E-state index contributed by atoms with van der Waals surface area (Å²) in [5, 5.41) is 0. The highest BCUT2D eigenvalue weighted by molar-refractivity contribution is 7.99. The van der Waals surface area contributed by atoms with Gasteiger partial charge >= 0.3 is 0 Å². The summed E-state index contributed by atoms with van der Waals surface area (Å²) in [6.07, 6.45) is 8.57. The Morgan fingerprint density at radius 1 is 1.23 bits per heavy atom. The third-order valence-electron chi connectivity index (χ3n) is 4.91. The minimum atomic E-state index is 0.222. The standard InChI is InChI=1S/C17H28N2O2S/c20-17(15-5-2-1-3-6-15)19-7-4-12-22-14-16(19)13-18-8-10-21-11-9-18/h1-2,15-16H,3-14H2. The summed E-state index contributed by atoms with van der Waals surface area (Å²) in [6, 6.07) is 0.379. The summed E-state index contributed by atoms with van der Waals surface area (Å²) in [6.45, 7) is 5.65. The second kappa shape index (κ2) is 8.37. The normalized spacial score (nSPS) is 31.0. The van der Waals surface area contributed by atoms with E-state index in [4.69, 9.17) is 4.74 Å². The Hall–Kier alpha value is -0.520. The summed E-state index contributed by atoms with van der Waals surface area (Å²) < 4.78 is 5.45. The number of amides is 1. The second-order valence-electron chi connectivity index (χ2n) is 6.51. The second-order valence-corrected chi connectivity index (χ2v) is 7.66. The molecule has 2 heterocycles. The zero-order chi connectivity index (χ0) is 15.2. The highest BCUT2D eigenvalue weighted by Crippen LogP contribution is 2.25. The lowest BCUT2D eigenvalue weighted by Crippen LogP contribution is -2.51. The van der Waals surface area contributed by atoms with Gasteiger partial charge in [0.2, 0.25) is 5.91 Å². The molecule has 0 N–H and O–H groups in total. The third-order valence-corrected chi connectivity index (χ3v) is 6.11. The molecule has 0 saturated carbocycles. The number of hydrogen-bond donors (Lipinski definition) is 0. The fourth-order valence-electron chi connectivity index (χ4n) is 3.60. The molecule has 1 aliphatic carbocycles. The van der Waals surface area contributed by atoms with Crippen molar-refractivity contribution in [1.82, 2.24) is 9.80 Å². The third kappa shape index (κ3) is 4.27. The molecule has 0 aromatic heterocycles. The summed E-state index contributed by atoms with van der Waals surface area (Å²) >= 11 is 2.01. The number of carbonyl (C=O) groups is 1. The van der Waals surface area contributed by atoms with Gasteiger partial charge in [0.25, 0.3) is 0 Å². The zero-order valence-electron chi connectivity index (χ0n) is 13.4. The van der Waals surface area contributed by atoms with E-state index in [0.717, 1.165) is 70.8 Å². The van der Waals surface area contributed by atoms with Crippen LogP contribution in [0, 0.1) is 5.92 Å². The van der Waals surface area contributed by atoms with Crippen LogP contribution in [0.3, 0.4) is 0 Å². The largest absolute Gasteiger partial charge is 0.379 e. The van der Waals surface area contributed by atoms with Crippen molar-refractivity contribution < 1.29 is 9.53 Å². The predicted molar refractivity (Wildman–Crippen MR) is 91.2 cm³/mol. The van der Waals surface area contributed by atoms with Crippen molar-refractivity contribution >= 4 is 17.7 Å². The maximum Gasteiger partial charge on any atom is 0.226 e. The van der Waals surface area contributed by atoms with Crippen molar-refractivity contribution in [3.05, 3.63) is 12.2 Å². The zero-order valence-corrected chi connectivity index (χ0v) is 14.2. The minimum Gasteiger partial charge on any atom is -0.379 e. The lowest BCUT2D eigenvalue weighted by atomic mass is 9.92. The molecule has 3 aliphatic rings. The molecule has 2 aliphatic heterocycles. The van der Waals surface area contributed by atoms with Crippen molar-refractivity contribution in [2.24, 2.45) is 5.92 Å². The van der Waals surface area contributed by atoms with E-state index in [2.05, 4.69) is 22.0 Å². The lowest BCUT2D eigenvalue weighted by Gasteiger charge is -2.37. The first-order valence-corrected chi connectivity index (χ1v) is 9.83. The van der Waals surface area contributed by atoms with E-state index in [0.29, 0.717) is 11.9 Å². The SMILES string of the molecule is O=C(C1CC=CCC1)N1CCCSCC1CN1CCOCC1. The predicted octanol–water partition coefficient (Wildman–Crippen LogP) is 2.01. The molecular weight excluding hydrogens is 296 g/mol. The van der Waals surface area contributed by atoms with Crippen LogP contribution in [0.4, 0.5) is 0 Å². The van der Waals surface area contributed by atoms with Crippen LogP contribution < -0.4 is 0 Å². The first-order chi connectivity index (χ1) is 10.8. The smallest absolute Gasteiger partial charge is 0.226 e. The van der Waals surface area contributed by atoms with Crippen LogP contribution in [0.15, 0.2) is 12.2 Å². The molecule has 1 amide bonds. The van der Waals surface area contributed by atoms with Gasteiger partial charge < -0.3 is 9.64 Å². The van der Waals surface area contributed by atoms with Gasteiger partial charge in [0, 0.05) is 37.8 Å². The number of thioether (sulfide) groups is 1. The van der Waals surface area contributed by atoms with E-state index in [1.54, 1.807) is 0 Å². The highest BCUT2D eigenvalue weighted by Gasteiger charge is 2.31. The van der Waals surface area contributed by atoms with Crippen molar-refractivity contribution in [2.45, 2.75) is 31.7 Å². The molecule has 22 heavy (non-hydrogen) atoms. The molecule has 124 valence electrons. The number of ether oxygens (including phenoxy) is 1. The van der Waals surface area contributed by atoms with E-state index < -0.39 is 0 Å². The topological polar surface area (TPSA) is 32.8 Å². The van der Waals surface area contributed by atoms with Gasteiger partial charge in [0.15, 0.2) is 0 Å². The average Bonchev–Trinajstić information content (AvgIpc) is 2.81. The van der Waals surface area contributed by atoms with Crippen molar-refractivity contribution in [1.29, 1.82) is 0 Å². The molecule has 2 fully saturated rings. The molecule has 0 aromatic rings. The first-order valence-electron chi connectivity index (χ1n) is 8.68. The maximum absolute atomic E-state index is 13.0. The van der Waals surface area contributed by atoms with Gasteiger partial charge in [-0.05, 0) is 31.4 Å². The summed E-state index contributed by atoms with van der Waals surface area (Å²) in [5.41, 5.74) is 0. The fourth-order valence-corrected chi connectivity index (χ4v) is 4.66. The van der Waals surface area contributed by atoms with Crippen LogP contribution in [-0.2, 0) is 9.53 Å². The van der Waals surface area contributed by atoms with Crippen LogP contribution >= 0.6 is 11.8 Å². The number of hydrogen-bond acceptors (Lipinski definition) is 4. The average molecular weight is 324 g/mol. The molecule has 2 saturated heterocycles. The van der Waals surface area contributed by atoms with Crippen LogP contribution in [-0.4, -0.2) is 72.6 Å². The fraction of sp³-hybridized carbons (Fsp3) is 0.824. The van der Waals surface area contributed by atoms with E-state index in [1.807, 2.05) is 11.8 Å². The summed E-state index contributed by atoms with van der Waals surface area (Å²) in [5.74, 6) is 2.91. The Morgan fingerprint density at radius 2 is 2.09 bits per heavy atom. The summed E-state index contributed by atoms with van der Waals surface area (Å²) in [7, 11) is 0. The number of rotatable bonds is 3. The number of carbonyl (C=O) groups excluding carboxylic acids is 1. The molecule has 0 spiro atoms.